The Labute approximate surface area is 119 Å². The molecule has 0 atom stereocenters. The first kappa shape index (κ1) is 14.5. The lowest BCUT2D eigenvalue weighted by atomic mass is 10.3. The van der Waals surface area contributed by atoms with E-state index < -0.39 is 0 Å². The Hall–Kier alpha value is -1.94. The minimum atomic E-state index is 0.399. The number of benzene rings is 1. The van der Waals surface area contributed by atoms with Crippen molar-refractivity contribution in [1.29, 1.82) is 0 Å². The van der Waals surface area contributed by atoms with Gasteiger partial charge in [0, 0.05) is 0 Å². The van der Waals surface area contributed by atoms with Crippen molar-refractivity contribution in [3.63, 3.8) is 0 Å². The Balaban J connectivity index is 1.95. The first-order chi connectivity index (χ1) is 9.83. The van der Waals surface area contributed by atoms with Crippen molar-refractivity contribution < 1.29 is 13.9 Å². The molecule has 0 unspecified atom stereocenters. The van der Waals surface area contributed by atoms with Crippen molar-refractivity contribution in [2.75, 3.05) is 13.7 Å². The summed E-state index contributed by atoms with van der Waals surface area (Å²) in [6.07, 6.45) is 0.972. The average molecular weight is 275 g/mol. The van der Waals surface area contributed by atoms with E-state index >= 15 is 0 Å². The van der Waals surface area contributed by atoms with Gasteiger partial charge in [0.05, 0.1) is 13.2 Å². The Bertz CT molecular complexity index is 522. The van der Waals surface area contributed by atoms with Crippen molar-refractivity contribution in [2.24, 2.45) is 0 Å². The van der Waals surface area contributed by atoms with E-state index in [1.165, 1.54) is 0 Å². The van der Waals surface area contributed by atoms with Crippen LogP contribution in [0.5, 0.6) is 11.5 Å². The molecular weight excluding hydrogens is 254 g/mol. The molecule has 1 heterocycles. The highest BCUT2D eigenvalue weighted by Gasteiger charge is 2.06. The van der Waals surface area contributed by atoms with Gasteiger partial charge in [0.25, 0.3) is 0 Å². The largest absolute Gasteiger partial charge is 0.490 e. The molecule has 108 valence electrons. The monoisotopic (exact) mass is 275 g/mol. The summed E-state index contributed by atoms with van der Waals surface area (Å²) < 4.78 is 17.1. The van der Waals surface area contributed by atoms with Crippen LogP contribution in [-0.2, 0) is 13.2 Å². The van der Waals surface area contributed by atoms with Crippen LogP contribution in [0, 0.1) is 0 Å². The van der Waals surface area contributed by atoms with Crippen LogP contribution in [0.3, 0.4) is 0 Å². The molecule has 1 N–H and O–H groups in total. The predicted octanol–water partition coefficient (Wildman–Crippen LogP) is 3.37. The molecule has 1 aromatic carbocycles. The van der Waals surface area contributed by atoms with E-state index in [-0.39, 0.29) is 0 Å². The smallest absolute Gasteiger partial charge is 0.161 e. The molecule has 1 aromatic heterocycles. The Morgan fingerprint density at radius 2 is 1.70 bits per heavy atom. The van der Waals surface area contributed by atoms with Crippen molar-refractivity contribution in [3.8, 4) is 11.5 Å². The maximum atomic E-state index is 5.77. The molecule has 0 aliphatic heterocycles. The second kappa shape index (κ2) is 7.60. The van der Waals surface area contributed by atoms with Crippen LogP contribution in [0.4, 0.5) is 0 Å². The topological polar surface area (TPSA) is 43.6 Å². The van der Waals surface area contributed by atoms with Crippen molar-refractivity contribution >= 4 is 0 Å². The van der Waals surface area contributed by atoms with E-state index in [9.17, 15) is 0 Å². The van der Waals surface area contributed by atoms with Gasteiger partial charge in [-0.1, -0.05) is 19.1 Å². The summed E-state index contributed by atoms with van der Waals surface area (Å²) in [5, 5.41) is 3.05. The maximum absolute atomic E-state index is 5.77. The third-order valence-electron chi connectivity index (χ3n) is 2.75. The number of furan rings is 1. The molecule has 0 aliphatic carbocycles. The lowest BCUT2D eigenvalue weighted by molar-refractivity contribution is 0.240. The predicted molar refractivity (Wildman–Crippen MR) is 78.0 cm³/mol. The first-order valence-electron chi connectivity index (χ1n) is 6.90. The van der Waals surface area contributed by atoms with Gasteiger partial charge >= 0.3 is 0 Å². The van der Waals surface area contributed by atoms with E-state index in [0.29, 0.717) is 13.2 Å². The molecule has 4 heteroatoms. The second-order valence-corrected chi connectivity index (χ2v) is 4.48. The van der Waals surface area contributed by atoms with Gasteiger partial charge in [0.2, 0.25) is 0 Å². The molecule has 0 saturated heterocycles. The fourth-order valence-electron chi connectivity index (χ4n) is 1.82. The lowest BCUT2D eigenvalue weighted by Gasteiger charge is -2.11. The Morgan fingerprint density at radius 1 is 1.00 bits per heavy atom. The molecule has 2 rings (SSSR count). The summed E-state index contributed by atoms with van der Waals surface area (Å²) in [5.41, 5.74) is 0. The van der Waals surface area contributed by atoms with Crippen molar-refractivity contribution in [3.05, 3.63) is 47.9 Å². The number of nitrogens with one attached hydrogen (secondary N) is 1. The number of hydrogen-bond acceptors (Lipinski definition) is 4. The van der Waals surface area contributed by atoms with Crippen LogP contribution in [0.15, 0.2) is 40.8 Å². The zero-order chi connectivity index (χ0) is 14.2. The lowest BCUT2D eigenvalue weighted by Crippen LogP contribution is -2.03. The van der Waals surface area contributed by atoms with Gasteiger partial charge in [0.15, 0.2) is 11.5 Å². The minimum Gasteiger partial charge on any atom is -0.490 e. The normalized spacial score (nSPS) is 10.5. The van der Waals surface area contributed by atoms with Crippen molar-refractivity contribution in [2.45, 2.75) is 26.5 Å². The van der Waals surface area contributed by atoms with E-state index in [1.54, 1.807) is 0 Å². The third kappa shape index (κ3) is 4.03. The molecule has 0 saturated carbocycles. The van der Waals surface area contributed by atoms with Gasteiger partial charge in [-0.3, -0.25) is 0 Å². The summed E-state index contributed by atoms with van der Waals surface area (Å²) >= 11 is 0. The van der Waals surface area contributed by atoms with E-state index in [1.807, 2.05) is 43.4 Å². The molecule has 0 spiro atoms. The summed E-state index contributed by atoms with van der Waals surface area (Å²) in [4.78, 5) is 0. The molecule has 2 aromatic rings. The molecule has 0 fully saturated rings. The zero-order valence-corrected chi connectivity index (χ0v) is 12.0. The van der Waals surface area contributed by atoms with Crippen LogP contribution >= 0.6 is 0 Å². The molecular formula is C16H21NO3. The summed E-state index contributed by atoms with van der Waals surface area (Å²) in [6, 6.07) is 11.6. The average Bonchev–Trinajstić information content (AvgIpc) is 2.92. The van der Waals surface area contributed by atoms with E-state index in [4.69, 9.17) is 13.9 Å². The number of hydrogen-bond donors (Lipinski definition) is 1. The standard InChI is InChI=1S/C16H21NO3/c1-3-10-18-15-6-4-5-7-16(15)19-12-14-9-8-13(20-14)11-17-2/h4-9,17H,3,10-12H2,1-2H3. The van der Waals surface area contributed by atoms with Crippen LogP contribution in [0.25, 0.3) is 0 Å². The summed E-state index contributed by atoms with van der Waals surface area (Å²) in [5.74, 6) is 3.23. The second-order valence-electron chi connectivity index (χ2n) is 4.48. The molecule has 0 aliphatic rings. The van der Waals surface area contributed by atoms with Crippen LogP contribution in [-0.4, -0.2) is 13.7 Å². The molecule has 4 nitrogen and oxygen atoms in total. The minimum absolute atomic E-state index is 0.399. The van der Waals surface area contributed by atoms with Gasteiger partial charge < -0.3 is 19.2 Å². The Kier molecular flexibility index (Phi) is 5.50. The third-order valence-corrected chi connectivity index (χ3v) is 2.75. The van der Waals surface area contributed by atoms with Crippen LogP contribution < -0.4 is 14.8 Å². The number of para-hydroxylation sites is 2. The van der Waals surface area contributed by atoms with E-state index in [2.05, 4.69) is 12.2 Å². The molecule has 0 bridgehead atoms. The highest BCUT2D eigenvalue weighted by atomic mass is 16.5. The number of rotatable bonds is 8. The molecule has 0 amide bonds. The van der Waals surface area contributed by atoms with Gasteiger partial charge in [-0.25, -0.2) is 0 Å². The number of ether oxygens (including phenoxy) is 2. The van der Waals surface area contributed by atoms with Gasteiger partial charge in [-0.2, -0.15) is 0 Å². The maximum Gasteiger partial charge on any atom is 0.161 e. The Morgan fingerprint density at radius 3 is 2.40 bits per heavy atom. The fraction of sp³-hybridized carbons (Fsp3) is 0.375. The zero-order valence-electron chi connectivity index (χ0n) is 12.0. The fourth-order valence-corrected chi connectivity index (χ4v) is 1.82. The first-order valence-corrected chi connectivity index (χ1v) is 6.90. The van der Waals surface area contributed by atoms with Gasteiger partial charge in [-0.15, -0.1) is 0 Å². The molecule has 20 heavy (non-hydrogen) atoms. The van der Waals surface area contributed by atoms with Gasteiger partial charge in [-0.05, 0) is 37.7 Å². The summed E-state index contributed by atoms with van der Waals surface area (Å²) in [6.45, 7) is 3.88. The van der Waals surface area contributed by atoms with Crippen molar-refractivity contribution in [1.82, 2.24) is 5.32 Å². The molecule has 0 radical (unpaired) electrons. The highest BCUT2D eigenvalue weighted by Crippen LogP contribution is 2.27. The van der Waals surface area contributed by atoms with Gasteiger partial charge in [0.1, 0.15) is 18.1 Å². The SMILES string of the molecule is CCCOc1ccccc1OCc1ccc(CNC)o1. The van der Waals surface area contributed by atoms with Crippen LogP contribution in [0.1, 0.15) is 24.9 Å². The van der Waals surface area contributed by atoms with Crippen LogP contribution in [0.2, 0.25) is 0 Å². The quantitative estimate of drug-likeness (QED) is 0.802. The highest BCUT2D eigenvalue weighted by molar-refractivity contribution is 5.39. The summed E-state index contributed by atoms with van der Waals surface area (Å²) in [7, 11) is 1.89. The van der Waals surface area contributed by atoms with E-state index in [0.717, 1.165) is 36.0 Å².